The summed E-state index contributed by atoms with van der Waals surface area (Å²) < 4.78 is 5.44. The first-order chi connectivity index (χ1) is 9.15. The van der Waals surface area contributed by atoms with Crippen LogP contribution < -0.4 is 5.32 Å². The summed E-state index contributed by atoms with van der Waals surface area (Å²) in [5, 5.41) is 4.08. The molecule has 2 unspecified atom stereocenters. The molecular formula is C14H20ClN3O. The van der Waals surface area contributed by atoms with Crippen LogP contribution in [0.1, 0.15) is 43.5 Å². The molecular weight excluding hydrogens is 262 g/mol. The van der Waals surface area contributed by atoms with Crippen molar-refractivity contribution < 1.29 is 4.74 Å². The van der Waals surface area contributed by atoms with Gasteiger partial charge in [-0.2, -0.15) is 0 Å². The zero-order valence-corrected chi connectivity index (χ0v) is 12.2. The van der Waals surface area contributed by atoms with Crippen LogP contribution in [0.5, 0.6) is 0 Å². The quantitative estimate of drug-likeness (QED) is 0.861. The molecule has 0 bridgehead atoms. The van der Waals surface area contributed by atoms with Crippen LogP contribution in [0.15, 0.2) is 0 Å². The standard InChI is InChI=1S/C14H20ClN3O/c1-8-12(15)17-14(10-3-4-10)18-13(8)16-9(2)11-5-6-19-7-11/h9-11H,3-7H2,1-2H3,(H,16,17,18). The fraction of sp³-hybridized carbons (Fsp3) is 0.714. The smallest absolute Gasteiger partial charge is 0.137 e. The van der Waals surface area contributed by atoms with Crippen LogP contribution in [0.25, 0.3) is 0 Å². The predicted molar refractivity (Wildman–Crippen MR) is 75.8 cm³/mol. The van der Waals surface area contributed by atoms with Crippen molar-refractivity contribution in [1.29, 1.82) is 0 Å². The Morgan fingerprint density at radius 3 is 2.74 bits per heavy atom. The summed E-state index contributed by atoms with van der Waals surface area (Å²) in [6.07, 6.45) is 3.48. The SMILES string of the molecule is Cc1c(Cl)nc(C2CC2)nc1NC(C)C1CCOC1. The third-order valence-corrected chi connectivity index (χ3v) is 4.45. The maximum Gasteiger partial charge on any atom is 0.137 e. The third-order valence-electron chi connectivity index (χ3n) is 4.08. The molecule has 2 aliphatic rings. The van der Waals surface area contributed by atoms with Gasteiger partial charge in [0.25, 0.3) is 0 Å². The minimum absolute atomic E-state index is 0.346. The molecule has 0 radical (unpaired) electrons. The van der Waals surface area contributed by atoms with Gasteiger partial charge in [-0.15, -0.1) is 0 Å². The highest BCUT2D eigenvalue weighted by Gasteiger charge is 2.29. The van der Waals surface area contributed by atoms with Gasteiger partial charge in [-0.3, -0.25) is 0 Å². The molecule has 19 heavy (non-hydrogen) atoms. The fourth-order valence-electron chi connectivity index (χ4n) is 2.45. The van der Waals surface area contributed by atoms with Crippen LogP contribution >= 0.6 is 11.6 Å². The number of halogens is 1. The van der Waals surface area contributed by atoms with Gasteiger partial charge in [0.05, 0.1) is 6.61 Å². The zero-order chi connectivity index (χ0) is 13.4. The van der Waals surface area contributed by atoms with Crippen molar-refractivity contribution in [3.05, 3.63) is 16.5 Å². The Hall–Kier alpha value is -0.870. The van der Waals surface area contributed by atoms with E-state index in [9.17, 15) is 0 Å². The topological polar surface area (TPSA) is 47.0 Å². The number of aromatic nitrogens is 2. The Morgan fingerprint density at radius 1 is 1.32 bits per heavy atom. The molecule has 1 aliphatic carbocycles. The lowest BCUT2D eigenvalue weighted by Crippen LogP contribution is -2.27. The first kappa shape index (κ1) is 13.1. The molecule has 0 spiro atoms. The summed E-state index contributed by atoms with van der Waals surface area (Å²) in [5.41, 5.74) is 0.942. The van der Waals surface area contributed by atoms with Crippen LogP contribution in [0.3, 0.4) is 0 Å². The monoisotopic (exact) mass is 281 g/mol. The van der Waals surface area contributed by atoms with Crippen molar-refractivity contribution in [3.8, 4) is 0 Å². The average Bonchev–Trinajstić information content (AvgIpc) is 3.09. The first-order valence-electron chi connectivity index (χ1n) is 7.03. The summed E-state index contributed by atoms with van der Waals surface area (Å²) >= 11 is 6.22. The second-order valence-corrected chi connectivity index (χ2v) is 6.04. The van der Waals surface area contributed by atoms with E-state index in [2.05, 4.69) is 22.2 Å². The van der Waals surface area contributed by atoms with E-state index < -0.39 is 0 Å². The van der Waals surface area contributed by atoms with Crippen molar-refractivity contribution >= 4 is 17.4 Å². The summed E-state index contributed by atoms with van der Waals surface area (Å²) in [6, 6.07) is 0.346. The highest BCUT2D eigenvalue weighted by atomic mass is 35.5. The molecule has 1 saturated carbocycles. The van der Waals surface area contributed by atoms with E-state index in [1.165, 1.54) is 12.8 Å². The molecule has 1 saturated heterocycles. The molecule has 2 heterocycles. The van der Waals surface area contributed by atoms with Gasteiger partial charge in [-0.05, 0) is 33.1 Å². The molecule has 0 amide bonds. The Labute approximate surface area is 118 Å². The van der Waals surface area contributed by atoms with Crippen molar-refractivity contribution in [2.24, 2.45) is 5.92 Å². The number of nitrogens with zero attached hydrogens (tertiary/aromatic N) is 2. The van der Waals surface area contributed by atoms with Gasteiger partial charge in [-0.1, -0.05) is 11.6 Å². The lowest BCUT2D eigenvalue weighted by Gasteiger charge is -2.21. The van der Waals surface area contributed by atoms with E-state index in [0.717, 1.165) is 36.8 Å². The molecule has 5 heteroatoms. The highest BCUT2D eigenvalue weighted by Crippen LogP contribution is 2.39. The van der Waals surface area contributed by atoms with Gasteiger partial charge in [0.2, 0.25) is 0 Å². The Bertz CT molecular complexity index is 470. The molecule has 2 fully saturated rings. The van der Waals surface area contributed by atoms with E-state index >= 15 is 0 Å². The second kappa shape index (κ2) is 5.25. The molecule has 104 valence electrons. The fourth-order valence-corrected chi connectivity index (χ4v) is 2.63. The number of rotatable bonds is 4. The number of hydrogen-bond acceptors (Lipinski definition) is 4. The summed E-state index contributed by atoms with van der Waals surface area (Å²) in [4.78, 5) is 9.05. The minimum Gasteiger partial charge on any atom is -0.381 e. The van der Waals surface area contributed by atoms with Gasteiger partial charge in [0.15, 0.2) is 0 Å². The van der Waals surface area contributed by atoms with Gasteiger partial charge in [0, 0.05) is 30.0 Å². The number of hydrogen-bond donors (Lipinski definition) is 1. The summed E-state index contributed by atoms with van der Waals surface area (Å²) in [7, 11) is 0. The Morgan fingerprint density at radius 2 is 2.11 bits per heavy atom. The van der Waals surface area contributed by atoms with E-state index in [1.807, 2.05) is 6.92 Å². The van der Waals surface area contributed by atoms with Gasteiger partial charge in [-0.25, -0.2) is 9.97 Å². The third kappa shape index (κ3) is 2.84. The van der Waals surface area contributed by atoms with Crippen LogP contribution in [0.4, 0.5) is 5.82 Å². The molecule has 2 atom stereocenters. The van der Waals surface area contributed by atoms with E-state index in [0.29, 0.717) is 23.0 Å². The maximum atomic E-state index is 6.22. The Balaban J connectivity index is 1.78. The van der Waals surface area contributed by atoms with Gasteiger partial charge < -0.3 is 10.1 Å². The van der Waals surface area contributed by atoms with Crippen LogP contribution in [-0.4, -0.2) is 29.2 Å². The second-order valence-electron chi connectivity index (χ2n) is 5.68. The zero-order valence-electron chi connectivity index (χ0n) is 11.4. The largest absolute Gasteiger partial charge is 0.381 e. The Kier molecular flexibility index (Phi) is 3.63. The van der Waals surface area contributed by atoms with E-state index in [1.54, 1.807) is 0 Å². The van der Waals surface area contributed by atoms with Gasteiger partial charge in [0.1, 0.15) is 16.8 Å². The normalized spacial score (nSPS) is 24.5. The van der Waals surface area contributed by atoms with E-state index in [4.69, 9.17) is 16.3 Å². The number of ether oxygens (including phenoxy) is 1. The summed E-state index contributed by atoms with van der Waals surface area (Å²) in [5.74, 6) is 2.86. The van der Waals surface area contributed by atoms with Crippen molar-refractivity contribution in [3.63, 3.8) is 0 Å². The molecule has 1 aromatic rings. The predicted octanol–water partition coefficient (Wildman–Crippen LogP) is 3.15. The van der Waals surface area contributed by atoms with Gasteiger partial charge >= 0.3 is 0 Å². The van der Waals surface area contributed by atoms with E-state index in [-0.39, 0.29) is 0 Å². The lowest BCUT2D eigenvalue weighted by molar-refractivity contribution is 0.183. The first-order valence-corrected chi connectivity index (χ1v) is 7.41. The van der Waals surface area contributed by atoms with Crippen LogP contribution in [-0.2, 0) is 4.74 Å². The molecule has 4 nitrogen and oxygen atoms in total. The molecule has 3 rings (SSSR count). The van der Waals surface area contributed by atoms with Crippen LogP contribution in [0.2, 0.25) is 5.15 Å². The van der Waals surface area contributed by atoms with Crippen molar-refractivity contribution in [2.75, 3.05) is 18.5 Å². The lowest BCUT2D eigenvalue weighted by atomic mass is 10.0. The highest BCUT2D eigenvalue weighted by molar-refractivity contribution is 6.30. The molecule has 1 N–H and O–H groups in total. The number of anilines is 1. The molecule has 1 aliphatic heterocycles. The van der Waals surface area contributed by atoms with Crippen LogP contribution in [0, 0.1) is 12.8 Å². The maximum absolute atomic E-state index is 6.22. The molecule has 1 aromatic heterocycles. The minimum atomic E-state index is 0.346. The average molecular weight is 282 g/mol. The number of nitrogens with one attached hydrogen (secondary N) is 1. The van der Waals surface area contributed by atoms with Crippen molar-refractivity contribution in [1.82, 2.24) is 9.97 Å². The summed E-state index contributed by atoms with van der Waals surface area (Å²) in [6.45, 7) is 5.86. The van der Waals surface area contributed by atoms with Crippen molar-refractivity contribution in [2.45, 2.75) is 45.1 Å². The molecule has 0 aromatic carbocycles.